The van der Waals surface area contributed by atoms with Crippen molar-refractivity contribution in [3.05, 3.63) is 58.3 Å². The van der Waals surface area contributed by atoms with Crippen LogP contribution in [0.15, 0.2) is 47.8 Å². The Morgan fingerprint density at radius 2 is 1.67 bits per heavy atom. The molecule has 0 radical (unpaired) electrons. The summed E-state index contributed by atoms with van der Waals surface area (Å²) in [4.78, 5) is 6.64. The van der Waals surface area contributed by atoms with Gasteiger partial charge in [0.2, 0.25) is 0 Å². The zero-order valence-electron chi connectivity index (χ0n) is 14.5. The quantitative estimate of drug-likeness (QED) is 0.704. The number of unbranched alkanes of at least 4 members (excludes halogenated alkanes) is 1. The number of benzene rings is 1. The fraction of sp³-hybridized carbons (Fsp3) is 0.500. The summed E-state index contributed by atoms with van der Waals surface area (Å²) in [6.45, 7) is 9.34. The van der Waals surface area contributed by atoms with Crippen molar-refractivity contribution in [2.24, 2.45) is 0 Å². The van der Waals surface area contributed by atoms with Crippen molar-refractivity contribution in [1.29, 1.82) is 0 Å². The number of rotatable bonds is 9. The van der Waals surface area contributed by atoms with Gasteiger partial charge in [0.05, 0.1) is 0 Å². The number of piperazine rings is 1. The molecular formula is C20H29N3S. The van der Waals surface area contributed by atoms with Gasteiger partial charge in [0.25, 0.3) is 0 Å². The van der Waals surface area contributed by atoms with E-state index in [1.54, 1.807) is 0 Å². The molecule has 24 heavy (non-hydrogen) atoms. The highest BCUT2D eigenvalue weighted by atomic mass is 32.1. The predicted molar refractivity (Wildman–Crippen MR) is 103 cm³/mol. The molecule has 1 fully saturated rings. The summed E-state index contributed by atoms with van der Waals surface area (Å²) in [6, 6.07) is 15.2. The average molecular weight is 344 g/mol. The molecule has 2 aromatic rings. The first-order valence-electron chi connectivity index (χ1n) is 9.12. The molecule has 1 aliphatic heterocycles. The Labute approximate surface area is 150 Å². The van der Waals surface area contributed by atoms with Crippen LogP contribution in [0.25, 0.3) is 0 Å². The van der Waals surface area contributed by atoms with Crippen LogP contribution in [0.4, 0.5) is 0 Å². The second kappa shape index (κ2) is 9.94. The highest BCUT2D eigenvalue weighted by molar-refractivity contribution is 7.09. The highest BCUT2D eigenvalue weighted by Crippen LogP contribution is 2.09. The van der Waals surface area contributed by atoms with Crippen LogP contribution in [0, 0.1) is 0 Å². The summed E-state index contributed by atoms with van der Waals surface area (Å²) in [5, 5.41) is 5.69. The van der Waals surface area contributed by atoms with Crippen LogP contribution in [0.2, 0.25) is 0 Å². The van der Waals surface area contributed by atoms with E-state index in [-0.39, 0.29) is 0 Å². The van der Waals surface area contributed by atoms with Gasteiger partial charge in [0.1, 0.15) is 0 Å². The maximum Gasteiger partial charge on any atom is 0.0299 e. The van der Waals surface area contributed by atoms with E-state index in [2.05, 4.69) is 63.0 Å². The normalized spacial score (nSPS) is 16.5. The molecule has 3 rings (SSSR count). The van der Waals surface area contributed by atoms with E-state index in [0.29, 0.717) is 0 Å². The van der Waals surface area contributed by atoms with Crippen molar-refractivity contribution in [2.45, 2.75) is 25.9 Å². The van der Waals surface area contributed by atoms with E-state index in [1.165, 1.54) is 56.0 Å². The molecule has 3 nitrogen and oxygen atoms in total. The molecule has 0 aliphatic carbocycles. The van der Waals surface area contributed by atoms with Gasteiger partial charge in [-0.2, -0.15) is 0 Å². The van der Waals surface area contributed by atoms with Crippen LogP contribution in [0.5, 0.6) is 0 Å². The minimum atomic E-state index is 1.02. The Morgan fingerprint density at radius 1 is 0.875 bits per heavy atom. The Hall–Kier alpha value is -1.20. The largest absolute Gasteiger partial charge is 0.312 e. The minimum Gasteiger partial charge on any atom is -0.312 e. The monoisotopic (exact) mass is 343 g/mol. The summed E-state index contributed by atoms with van der Waals surface area (Å²) in [6.07, 6.45) is 2.58. The second-order valence-electron chi connectivity index (χ2n) is 6.57. The molecule has 2 heterocycles. The molecule has 1 saturated heterocycles. The third-order valence-electron chi connectivity index (χ3n) is 4.67. The van der Waals surface area contributed by atoms with E-state index in [9.17, 15) is 0 Å². The minimum absolute atomic E-state index is 1.02. The molecule has 0 spiro atoms. The molecule has 0 amide bonds. The fourth-order valence-electron chi connectivity index (χ4n) is 3.22. The van der Waals surface area contributed by atoms with Gasteiger partial charge < -0.3 is 10.2 Å². The number of hydrogen-bond donors (Lipinski definition) is 1. The van der Waals surface area contributed by atoms with E-state index in [4.69, 9.17) is 0 Å². The SMILES string of the molecule is c1ccc(CN2CCN(CCCCNCc3cccs3)CC2)cc1. The lowest BCUT2D eigenvalue weighted by Crippen LogP contribution is -2.46. The van der Waals surface area contributed by atoms with E-state index < -0.39 is 0 Å². The predicted octanol–water partition coefficient (Wildman–Crippen LogP) is 3.44. The van der Waals surface area contributed by atoms with Crippen molar-refractivity contribution < 1.29 is 0 Å². The Morgan fingerprint density at radius 3 is 2.42 bits per heavy atom. The summed E-state index contributed by atoms with van der Waals surface area (Å²) in [5.41, 5.74) is 1.43. The molecule has 0 atom stereocenters. The molecule has 1 aromatic heterocycles. The van der Waals surface area contributed by atoms with Crippen LogP contribution >= 0.6 is 11.3 Å². The molecule has 4 heteroatoms. The first kappa shape index (κ1) is 17.6. The van der Waals surface area contributed by atoms with Crippen LogP contribution in [-0.4, -0.2) is 49.1 Å². The first-order chi connectivity index (χ1) is 11.9. The van der Waals surface area contributed by atoms with Crippen molar-refractivity contribution in [3.63, 3.8) is 0 Å². The molecular weight excluding hydrogens is 314 g/mol. The Balaban J connectivity index is 1.22. The van der Waals surface area contributed by atoms with Crippen LogP contribution in [0.3, 0.4) is 0 Å². The van der Waals surface area contributed by atoms with E-state index >= 15 is 0 Å². The second-order valence-corrected chi connectivity index (χ2v) is 7.60. The van der Waals surface area contributed by atoms with Gasteiger partial charge in [0, 0.05) is 44.1 Å². The summed E-state index contributed by atoms with van der Waals surface area (Å²) < 4.78 is 0. The lowest BCUT2D eigenvalue weighted by Gasteiger charge is -2.34. The van der Waals surface area contributed by atoms with Crippen molar-refractivity contribution in [2.75, 3.05) is 39.3 Å². The lowest BCUT2D eigenvalue weighted by molar-refractivity contribution is 0.125. The van der Waals surface area contributed by atoms with Crippen molar-refractivity contribution in [3.8, 4) is 0 Å². The van der Waals surface area contributed by atoms with Gasteiger partial charge in [0.15, 0.2) is 0 Å². The molecule has 1 aromatic carbocycles. The van der Waals surface area contributed by atoms with Gasteiger partial charge in [-0.3, -0.25) is 4.90 Å². The number of nitrogens with zero attached hydrogens (tertiary/aromatic N) is 2. The molecule has 0 saturated carbocycles. The van der Waals surface area contributed by atoms with E-state index in [0.717, 1.165) is 19.6 Å². The average Bonchev–Trinajstić information content (AvgIpc) is 3.14. The lowest BCUT2D eigenvalue weighted by atomic mass is 10.2. The Bertz CT molecular complexity index is 548. The van der Waals surface area contributed by atoms with Gasteiger partial charge in [-0.15, -0.1) is 11.3 Å². The third-order valence-corrected chi connectivity index (χ3v) is 5.55. The van der Waals surface area contributed by atoms with Gasteiger partial charge in [-0.05, 0) is 42.9 Å². The van der Waals surface area contributed by atoms with Gasteiger partial charge >= 0.3 is 0 Å². The number of hydrogen-bond acceptors (Lipinski definition) is 4. The summed E-state index contributed by atoms with van der Waals surface area (Å²) in [5.74, 6) is 0. The van der Waals surface area contributed by atoms with Gasteiger partial charge in [-0.25, -0.2) is 0 Å². The molecule has 1 aliphatic rings. The standard InChI is InChI=1S/C20H29N3S/c1-2-7-19(8-3-1)18-23-14-12-22(13-15-23)11-5-4-10-21-17-20-9-6-16-24-20/h1-3,6-9,16,21H,4-5,10-15,17-18H2. The maximum absolute atomic E-state index is 3.54. The first-order valence-corrected chi connectivity index (χ1v) is 10.00. The highest BCUT2D eigenvalue weighted by Gasteiger charge is 2.16. The van der Waals surface area contributed by atoms with E-state index in [1.807, 2.05) is 11.3 Å². The van der Waals surface area contributed by atoms with Crippen LogP contribution in [0.1, 0.15) is 23.3 Å². The molecule has 0 bridgehead atoms. The van der Waals surface area contributed by atoms with Crippen molar-refractivity contribution >= 4 is 11.3 Å². The smallest absolute Gasteiger partial charge is 0.0299 e. The zero-order valence-corrected chi connectivity index (χ0v) is 15.3. The summed E-state index contributed by atoms with van der Waals surface area (Å²) >= 11 is 1.83. The van der Waals surface area contributed by atoms with Gasteiger partial charge in [-0.1, -0.05) is 36.4 Å². The molecule has 0 unspecified atom stereocenters. The molecule has 130 valence electrons. The number of thiophene rings is 1. The maximum atomic E-state index is 3.54. The zero-order chi connectivity index (χ0) is 16.5. The summed E-state index contributed by atoms with van der Waals surface area (Å²) in [7, 11) is 0. The van der Waals surface area contributed by atoms with Crippen LogP contribution in [-0.2, 0) is 13.1 Å². The van der Waals surface area contributed by atoms with Crippen LogP contribution < -0.4 is 5.32 Å². The topological polar surface area (TPSA) is 18.5 Å². The van der Waals surface area contributed by atoms with Crippen molar-refractivity contribution in [1.82, 2.24) is 15.1 Å². The Kier molecular flexibility index (Phi) is 7.30. The fourth-order valence-corrected chi connectivity index (χ4v) is 3.90. The third kappa shape index (κ3) is 6.02. The number of nitrogens with one attached hydrogen (secondary N) is 1. The molecule has 1 N–H and O–H groups in total.